The number of methoxy groups -OCH3 is 1. The van der Waals surface area contributed by atoms with Crippen LogP contribution in [0.2, 0.25) is 0 Å². The molecule has 1 fully saturated rings. The zero-order valence-electron chi connectivity index (χ0n) is 11.2. The van der Waals surface area contributed by atoms with E-state index >= 15 is 0 Å². The molecule has 1 rings (SSSR count). The maximum absolute atomic E-state index is 11.5. The molecular weight excluding hydrogens is 202 g/mol. The Morgan fingerprint density at radius 3 is 2.25 bits per heavy atom. The lowest BCUT2D eigenvalue weighted by atomic mass is 9.75. The monoisotopic (exact) mass is 227 g/mol. The number of esters is 1. The van der Waals surface area contributed by atoms with Gasteiger partial charge in [-0.05, 0) is 44.9 Å². The van der Waals surface area contributed by atoms with Gasteiger partial charge in [0.25, 0.3) is 0 Å². The maximum Gasteiger partial charge on any atom is 0.325 e. The lowest BCUT2D eigenvalue weighted by molar-refractivity contribution is -0.147. The number of hydrogen-bond donors (Lipinski definition) is 1. The van der Waals surface area contributed by atoms with Crippen molar-refractivity contribution < 1.29 is 9.53 Å². The zero-order valence-corrected chi connectivity index (χ0v) is 11.2. The fraction of sp³-hybridized carbons (Fsp3) is 0.923. The third kappa shape index (κ3) is 3.48. The van der Waals surface area contributed by atoms with Crippen LogP contribution >= 0.6 is 0 Å². The smallest absolute Gasteiger partial charge is 0.325 e. The van der Waals surface area contributed by atoms with Crippen molar-refractivity contribution in [1.29, 1.82) is 0 Å². The van der Waals surface area contributed by atoms with Crippen molar-refractivity contribution in [2.24, 2.45) is 5.41 Å². The van der Waals surface area contributed by atoms with Gasteiger partial charge in [-0.25, -0.2) is 0 Å². The molecule has 0 spiro atoms. The molecule has 94 valence electrons. The molecule has 1 aliphatic rings. The standard InChI is InChI=1S/C13H25NO2/c1-12(2)8-6-10(7-9-12)14-13(3,4)11(15)16-5/h10,14H,6-9H2,1-5H3. The Hall–Kier alpha value is -0.570. The first-order valence-electron chi connectivity index (χ1n) is 6.13. The number of rotatable bonds is 3. The predicted molar refractivity (Wildman–Crippen MR) is 65.3 cm³/mol. The van der Waals surface area contributed by atoms with Crippen LogP contribution in [0.5, 0.6) is 0 Å². The molecule has 0 aromatic heterocycles. The van der Waals surface area contributed by atoms with Crippen LogP contribution in [-0.2, 0) is 9.53 Å². The van der Waals surface area contributed by atoms with E-state index in [1.165, 1.54) is 20.0 Å². The van der Waals surface area contributed by atoms with Crippen molar-refractivity contribution in [3.05, 3.63) is 0 Å². The van der Waals surface area contributed by atoms with Gasteiger partial charge in [-0.2, -0.15) is 0 Å². The largest absolute Gasteiger partial charge is 0.468 e. The maximum atomic E-state index is 11.5. The van der Waals surface area contributed by atoms with Crippen LogP contribution in [-0.4, -0.2) is 24.7 Å². The molecular formula is C13H25NO2. The van der Waals surface area contributed by atoms with Gasteiger partial charge in [-0.1, -0.05) is 13.8 Å². The van der Waals surface area contributed by atoms with Crippen molar-refractivity contribution >= 4 is 5.97 Å². The normalized spacial score (nSPS) is 21.8. The van der Waals surface area contributed by atoms with Crippen molar-refractivity contribution in [1.82, 2.24) is 5.32 Å². The summed E-state index contributed by atoms with van der Waals surface area (Å²) < 4.78 is 4.80. The second kappa shape index (κ2) is 4.74. The Morgan fingerprint density at radius 2 is 1.81 bits per heavy atom. The van der Waals surface area contributed by atoms with Crippen LogP contribution in [0, 0.1) is 5.41 Å². The van der Waals surface area contributed by atoms with Crippen LogP contribution in [0.1, 0.15) is 53.4 Å². The molecule has 0 amide bonds. The topological polar surface area (TPSA) is 38.3 Å². The number of hydrogen-bond acceptors (Lipinski definition) is 3. The van der Waals surface area contributed by atoms with Crippen LogP contribution < -0.4 is 5.32 Å². The Kier molecular flexibility index (Phi) is 4.00. The molecule has 0 aromatic rings. The summed E-state index contributed by atoms with van der Waals surface area (Å²) in [5.41, 5.74) is -0.103. The Labute approximate surface area is 98.9 Å². The molecule has 0 heterocycles. The van der Waals surface area contributed by atoms with E-state index < -0.39 is 5.54 Å². The molecule has 0 saturated heterocycles. The van der Waals surface area contributed by atoms with Gasteiger partial charge in [0.05, 0.1) is 7.11 Å². The average molecular weight is 227 g/mol. The fourth-order valence-corrected chi connectivity index (χ4v) is 2.37. The van der Waals surface area contributed by atoms with Crippen molar-refractivity contribution in [2.45, 2.75) is 65.0 Å². The lowest BCUT2D eigenvalue weighted by Crippen LogP contribution is -2.53. The number of carbonyl (C=O) groups is 1. The second-order valence-electron chi connectivity index (χ2n) is 6.20. The highest BCUT2D eigenvalue weighted by atomic mass is 16.5. The third-order valence-electron chi connectivity index (χ3n) is 3.60. The molecule has 3 heteroatoms. The number of nitrogens with one attached hydrogen (secondary N) is 1. The van der Waals surface area contributed by atoms with E-state index in [1.54, 1.807) is 0 Å². The van der Waals surface area contributed by atoms with Crippen LogP contribution in [0.25, 0.3) is 0 Å². The quantitative estimate of drug-likeness (QED) is 0.753. The van der Waals surface area contributed by atoms with Crippen LogP contribution in [0.4, 0.5) is 0 Å². The Bertz CT molecular complexity index is 249. The molecule has 0 radical (unpaired) electrons. The molecule has 1 aliphatic carbocycles. The van der Waals surface area contributed by atoms with E-state index in [4.69, 9.17) is 4.74 Å². The van der Waals surface area contributed by atoms with E-state index in [-0.39, 0.29) is 5.97 Å². The van der Waals surface area contributed by atoms with Crippen molar-refractivity contribution in [3.63, 3.8) is 0 Å². The minimum Gasteiger partial charge on any atom is -0.468 e. The van der Waals surface area contributed by atoms with E-state index in [0.717, 1.165) is 12.8 Å². The molecule has 1 saturated carbocycles. The van der Waals surface area contributed by atoms with Crippen LogP contribution in [0.3, 0.4) is 0 Å². The summed E-state index contributed by atoms with van der Waals surface area (Å²) in [4.78, 5) is 11.5. The first-order chi connectivity index (χ1) is 7.27. The SMILES string of the molecule is COC(=O)C(C)(C)NC1CCC(C)(C)CC1. The van der Waals surface area contributed by atoms with Gasteiger partial charge < -0.3 is 4.74 Å². The highest BCUT2D eigenvalue weighted by Gasteiger charge is 2.34. The van der Waals surface area contributed by atoms with Crippen molar-refractivity contribution in [3.8, 4) is 0 Å². The molecule has 0 aliphatic heterocycles. The van der Waals surface area contributed by atoms with E-state index in [1.807, 2.05) is 13.8 Å². The molecule has 0 bridgehead atoms. The zero-order chi connectivity index (χ0) is 12.4. The Balaban J connectivity index is 2.47. The minimum absolute atomic E-state index is 0.183. The summed E-state index contributed by atoms with van der Waals surface area (Å²) in [6, 6.07) is 0.446. The highest BCUT2D eigenvalue weighted by Crippen LogP contribution is 2.35. The molecule has 0 unspecified atom stereocenters. The van der Waals surface area contributed by atoms with Gasteiger partial charge in [-0.15, -0.1) is 0 Å². The van der Waals surface area contributed by atoms with Crippen LogP contribution in [0.15, 0.2) is 0 Å². The summed E-state index contributed by atoms with van der Waals surface area (Å²) in [7, 11) is 1.44. The minimum atomic E-state index is -0.569. The second-order valence-corrected chi connectivity index (χ2v) is 6.20. The van der Waals surface area contributed by atoms with E-state index in [9.17, 15) is 4.79 Å². The van der Waals surface area contributed by atoms with Gasteiger partial charge in [-0.3, -0.25) is 10.1 Å². The summed E-state index contributed by atoms with van der Waals surface area (Å²) in [5.74, 6) is -0.183. The van der Waals surface area contributed by atoms with Crippen molar-refractivity contribution in [2.75, 3.05) is 7.11 Å². The molecule has 3 nitrogen and oxygen atoms in total. The predicted octanol–water partition coefficient (Wildman–Crippen LogP) is 2.50. The molecule has 0 aromatic carbocycles. The van der Waals surface area contributed by atoms with Gasteiger partial charge >= 0.3 is 5.97 Å². The van der Waals surface area contributed by atoms with Gasteiger partial charge in [0.1, 0.15) is 5.54 Å². The summed E-state index contributed by atoms with van der Waals surface area (Å²) in [5, 5.41) is 3.41. The summed E-state index contributed by atoms with van der Waals surface area (Å²) in [6.07, 6.45) is 4.74. The third-order valence-corrected chi connectivity index (χ3v) is 3.60. The Morgan fingerprint density at radius 1 is 1.31 bits per heavy atom. The van der Waals surface area contributed by atoms with Gasteiger partial charge in [0.2, 0.25) is 0 Å². The summed E-state index contributed by atoms with van der Waals surface area (Å²) in [6.45, 7) is 8.40. The van der Waals surface area contributed by atoms with E-state index in [2.05, 4.69) is 19.2 Å². The fourth-order valence-electron chi connectivity index (χ4n) is 2.37. The summed E-state index contributed by atoms with van der Waals surface area (Å²) >= 11 is 0. The molecule has 1 N–H and O–H groups in total. The number of ether oxygens (including phenoxy) is 1. The lowest BCUT2D eigenvalue weighted by Gasteiger charge is -2.38. The number of carbonyl (C=O) groups excluding carboxylic acids is 1. The first kappa shape index (κ1) is 13.5. The average Bonchev–Trinajstić information content (AvgIpc) is 2.20. The first-order valence-corrected chi connectivity index (χ1v) is 6.13. The molecule has 16 heavy (non-hydrogen) atoms. The van der Waals surface area contributed by atoms with E-state index in [0.29, 0.717) is 11.5 Å². The molecule has 0 atom stereocenters. The van der Waals surface area contributed by atoms with Gasteiger partial charge in [0, 0.05) is 6.04 Å². The van der Waals surface area contributed by atoms with Gasteiger partial charge in [0.15, 0.2) is 0 Å². The highest BCUT2D eigenvalue weighted by molar-refractivity contribution is 5.79.